The molecule has 1 atom stereocenters. The van der Waals surface area contributed by atoms with Crippen molar-refractivity contribution in [2.75, 3.05) is 5.75 Å². The molecule has 0 aliphatic heterocycles. The highest BCUT2D eigenvalue weighted by atomic mass is 32.2. The highest BCUT2D eigenvalue weighted by molar-refractivity contribution is 7.99. The minimum atomic E-state index is 0.279. The molecule has 3 N–H and O–H groups in total. The maximum absolute atomic E-state index is 5.72. The molecule has 1 unspecified atom stereocenters. The van der Waals surface area contributed by atoms with E-state index in [0.29, 0.717) is 0 Å². The van der Waals surface area contributed by atoms with Crippen LogP contribution in [0.1, 0.15) is 56.2 Å². The van der Waals surface area contributed by atoms with Crippen LogP contribution in [0.4, 0.5) is 0 Å². The fraction of sp³-hybridized carbons (Fsp3) is 0.625. The van der Waals surface area contributed by atoms with Gasteiger partial charge in [0.05, 0.1) is 6.04 Å². The van der Waals surface area contributed by atoms with Crippen LogP contribution >= 0.6 is 11.8 Å². The van der Waals surface area contributed by atoms with E-state index < -0.39 is 0 Å². The molecule has 19 heavy (non-hydrogen) atoms. The van der Waals surface area contributed by atoms with Gasteiger partial charge in [0, 0.05) is 11.0 Å². The molecule has 106 valence electrons. The van der Waals surface area contributed by atoms with Crippen molar-refractivity contribution in [3.8, 4) is 0 Å². The summed E-state index contributed by atoms with van der Waals surface area (Å²) in [5, 5.41) is 0.857. The van der Waals surface area contributed by atoms with Gasteiger partial charge in [0.25, 0.3) is 0 Å². The fourth-order valence-electron chi connectivity index (χ4n) is 2.73. The quantitative estimate of drug-likeness (QED) is 0.588. The van der Waals surface area contributed by atoms with Crippen molar-refractivity contribution in [1.82, 2.24) is 5.43 Å². The van der Waals surface area contributed by atoms with Gasteiger partial charge in [0.15, 0.2) is 0 Å². The number of hydrazine groups is 1. The zero-order valence-corrected chi connectivity index (χ0v) is 12.7. The number of aryl methyl sites for hydroxylation is 1. The normalized spacial score (nSPS) is 17.8. The number of hydrogen-bond donors (Lipinski definition) is 2. The van der Waals surface area contributed by atoms with Gasteiger partial charge in [-0.05, 0) is 30.4 Å². The molecule has 1 saturated carbocycles. The SMILES string of the molecule is CCCc1ccc(C(CSC2CCCC2)NN)cc1. The van der Waals surface area contributed by atoms with Crippen LogP contribution in [-0.4, -0.2) is 11.0 Å². The second-order valence-corrected chi connectivity index (χ2v) is 6.78. The van der Waals surface area contributed by atoms with Gasteiger partial charge in [-0.25, -0.2) is 0 Å². The average molecular weight is 278 g/mol. The molecule has 3 heteroatoms. The molecule has 2 rings (SSSR count). The van der Waals surface area contributed by atoms with Crippen molar-refractivity contribution in [2.24, 2.45) is 5.84 Å². The van der Waals surface area contributed by atoms with Crippen molar-refractivity contribution in [1.29, 1.82) is 0 Å². The minimum Gasteiger partial charge on any atom is -0.271 e. The zero-order chi connectivity index (χ0) is 13.5. The van der Waals surface area contributed by atoms with Gasteiger partial charge in [-0.15, -0.1) is 0 Å². The second-order valence-electron chi connectivity index (χ2n) is 5.45. The van der Waals surface area contributed by atoms with Crippen LogP contribution in [0.25, 0.3) is 0 Å². The summed E-state index contributed by atoms with van der Waals surface area (Å²) < 4.78 is 0. The number of benzene rings is 1. The highest BCUT2D eigenvalue weighted by Gasteiger charge is 2.18. The third-order valence-electron chi connectivity index (χ3n) is 3.92. The zero-order valence-electron chi connectivity index (χ0n) is 11.9. The number of nitrogens with two attached hydrogens (primary N) is 1. The lowest BCUT2D eigenvalue weighted by atomic mass is 10.0. The summed E-state index contributed by atoms with van der Waals surface area (Å²) in [4.78, 5) is 0. The summed E-state index contributed by atoms with van der Waals surface area (Å²) in [6, 6.07) is 9.21. The molecule has 0 aromatic heterocycles. The van der Waals surface area contributed by atoms with Crippen molar-refractivity contribution in [3.05, 3.63) is 35.4 Å². The van der Waals surface area contributed by atoms with E-state index in [4.69, 9.17) is 5.84 Å². The fourth-order valence-corrected chi connectivity index (χ4v) is 4.15. The van der Waals surface area contributed by atoms with Gasteiger partial charge in [0.1, 0.15) is 0 Å². The maximum atomic E-state index is 5.72. The summed E-state index contributed by atoms with van der Waals surface area (Å²) in [6.07, 6.45) is 7.95. The van der Waals surface area contributed by atoms with Gasteiger partial charge in [-0.2, -0.15) is 11.8 Å². The minimum absolute atomic E-state index is 0.279. The molecule has 1 aromatic carbocycles. The summed E-state index contributed by atoms with van der Waals surface area (Å²) in [5.74, 6) is 6.80. The largest absolute Gasteiger partial charge is 0.271 e. The number of nitrogens with one attached hydrogen (secondary N) is 1. The number of rotatable bonds is 7. The van der Waals surface area contributed by atoms with E-state index in [1.165, 1.54) is 43.2 Å². The number of hydrogen-bond acceptors (Lipinski definition) is 3. The first kappa shape index (κ1) is 14.9. The molecule has 1 aliphatic rings. The molecule has 0 spiro atoms. The van der Waals surface area contributed by atoms with E-state index in [9.17, 15) is 0 Å². The first-order chi connectivity index (χ1) is 9.33. The molecule has 1 fully saturated rings. The molecule has 0 bridgehead atoms. The first-order valence-corrected chi connectivity index (χ1v) is 8.55. The Morgan fingerprint density at radius 1 is 1.26 bits per heavy atom. The summed E-state index contributed by atoms with van der Waals surface area (Å²) in [7, 11) is 0. The molecule has 2 nitrogen and oxygen atoms in total. The highest BCUT2D eigenvalue weighted by Crippen LogP contribution is 2.31. The van der Waals surface area contributed by atoms with Crippen molar-refractivity contribution >= 4 is 11.8 Å². The second kappa shape index (κ2) is 7.93. The average Bonchev–Trinajstić information content (AvgIpc) is 2.95. The smallest absolute Gasteiger partial charge is 0.0550 e. The van der Waals surface area contributed by atoms with Crippen molar-refractivity contribution < 1.29 is 0 Å². The monoisotopic (exact) mass is 278 g/mol. The molecule has 0 amide bonds. The van der Waals surface area contributed by atoms with Gasteiger partial charge >= 0.3 is 0 Å². The Hall–Kier alpha value is -0.510. The van der Waals surface area contributed by atoms with Gasteiger partial charge in [-0.3, -0.25) is 11.3 Å². The van der Waals surface area contributed by atoms with E-state index in [1.807, 2.05) is 0 Å². The molecular formula is C16H26N2S. The molecule has 0 heterocycles. The molecule has 0 saturated heterocycles. The van der Waals surface area contributed by atoms with Crippen LogP contribution in [-0.2, 0) is 6.42 Å². The van der Waals surface area contributed by atoms with Crippen LogP contribution in [0.2, 0.25) is 0 Å². The Bertz CT molecular complexity index is 358. The third kappa shape index (κ3) is 4.51. The molecule has 1 aliphatic carbocycles. The van der Waals surface area contributed by atoms with Crippen LogP contribution in [0.3, 0.4) is 0 Å². The lowest BCUT2D eigenvalue weighted by molar-refractivity contribution is 0.609. The lowest BCUT2D eigenvalue weighted by Gasteiger charge is -2.18. The Balaban J connectivity index is 1.88. The Morgan fingerprint density at radius 2 is 1.95 bits per heavy atom. The first-order valence-electron chi connectivity index (χ1n) is 7.50. The molecule has 1 aromatic rings. The van der Waals surface area contributed by atoms with Gasteiger partial charge in [0.2, 0.25) is 0 Å². The lowest BCUT2D eigenvalue weighted by Crippen LogP contribution is -2.30. The summed E-state index contributed by atoms with van der Waals surface area (Å²) in [5.41, 5.74) is 5.71. The summed E-state index contributed by atoms with van der Waals surface area (Å²) >= 11 is 2.08. The standard InChI is InChI=1S/C16H26N2S/c1-2-5-13-8-10-14(11-9-13)16(18-17)12-19-15-6-3-4-7-15/h8-11,15-16,18H,2-7,12,17H2,1H3. The van der Waals surface area contributed by atoms with Crippen LogP contribution in [0.5, 0.6) is 0 Å². The Labute approximate surface area is 121 Å². The van der Waals surface area contributed by atoms with E-state index in [-0.39, 0.29) is 6.04 Å². The predicted molar refractivity (Wildman–Crippen MR) is 85.2 cm³/mol. The van der Waals surface area contributed by atoms with Gasteiger partial charge < -0.3 is 0 Å². The van der Waals surface area contributed by atoms with Crippen molar-refractivity contribution in [3.63, 3.8) is 0 Å². The maximum Gasteiger partial charge on any atom is 0.0550 e. The molecule has 0 radical (unpaired) electrons. The van der Waals surface area contributed by atoms with Crippen LogP contribution in [0, 0.1) is 0 Å². The molecular weight excluding hydrogens is 252 g/mol. The van der Waals surface area contributed by atoms with E-state index >= 15 is 0 Å². The van der Waals surface area contributed by atoms with Crippen LogP contribution in [0.15, 0.2) is 24.3 Å². The number of thioether (sulfide) groups is 1. The Kier molecular flexibility index (Phi) is 6.21. The van der Waals surface area contributed by atoms with E-state index in [1.54, 1.807) is 0 Å². The van der Waals surface area contributed by atoms with Gasteiger partial charge in [-0.1, -0.05) is 50.5 Å². The summed E-state index contributed by atoms with van der Waals surface area (Å²) in [6.45, 7) is 2.22. The predicted octanol–water partition coefficient (Wildman–Crippen LogP) is 3.82. The topological polar surface area (TPSA) is 38.0 Å². The van der Waals surface area contributed by atoms with E-state index in [0.717, 1.165) is 17.4 Å². The Morgan fingerprint density at radius 3 is 2.53 bits per heavy atom. The van der Waals surface area contributed by atoms with Crippen LogP contribution < -0.4 is 11.3 Å². The van der Waals surface area contributed by atoms with Crippen molar-refractivity contribution in [2.45, 2.75) is 56.7 Å². The third-order valence-corrected chi connectivity index (χ3v) is 5.39. The van der Waals surface area contributed by atoms with E-state index in [2.05, 4.69) is 48.4 Å².